The number of aryl methyl sites for hydroxylation is 2. The fourth-order valence-electron chi connectivity index (χ4n) is 2.34. The summed E-state index contributed by atoms with van der Waals surface area (Å²) in [4.78, 5) is 0.0781. The van der Waals surface area contributed by atoms with E-state index in [1.807, 2.05) is 0 Å². The number of sulfonamides is 2. The molecule has 0 radical (unpaired) electrons. The molecule has 1 aliphatic rings. The molecule has 1 aromatic rings. The number of aromatic nitrogens is 1. The summed E-state index contributed by atoms with van der Waals surface area (Å²) in [5.41, 5.74) is 0.316. The molecule has 0 amide bonds. The molecule has 10 heteroatoms. The van der Waals surface area contributed by atoms with Gasteiger partial charge in [0.1, 0.15) is 10.6 Å². The Kier molecular flexibility index (Phi) is 4.43. The van der Waals surface area contributed by atoms with Gasteiger partial charge in [-0.1, -0.05) is 5.16 Å². The molecule has 0 bridgehead atoms. The number of rotatable bonds is 4. The first-order valence-corrected chi connectivity index (χ1v) is 9.66. The van der Waals surface area contributed by atoms with E-state index < -0.39 is 20.0 Å². The van der Waals surface area contributed by atoms with E-state index in [4.69, 9.17) is 4.52 Å². The zero-order chi connectivity index (χ0) is 15.8. The minimum absolute atomic E-state index is 0.0175. The van der Waals surface area contributed by atoms with Crippen LogP contribution in [0.1, 0.15) is 18.4 Å². The Morgan fingerprint density at radius 3 is 2.00 bits per heavy atom. The zero-order valence-corrected chi connectivity index (χ0v) is 13.9. The number of hydrogen-bond donors (Lipinski definition) is 0. The lowest BCUT2D eigenvalue weighted by Gasteiger charge is -2.32. The predicted octanol–water partition coefficient (Wildman–Crippen LogP) is -0.0526. The molecule has 0 unspecified atom stereocenters. The second kappa shape index (κ2) is 5.67. The third kappa shape index (κ3) is 2.98. The summed E-state index contributed by atoms with van der Waals surface area (Å²) in [6, 6.07) is 0. The van der Waals surface area contributed by atoms with Crippen molar-refractivity contribution in [1.82, 2.24) is 13.8 Å². The second-order valence-corrected chi connectivity index (χ2v) is 8.99. The maximum Gasteiger partial charge on any atom is 0.248 e. The lowest BCUT2D eigenvalue weighted by Crippen LogP contribution is -2.50. The fourth-order valence-corrected chi connectivity index (χ4v) is 5.14. The van der Waals surface area contributed by atoms with Crippen molar-refractivity contribution < 1.29 is 21.4 Å². The summed E-state index contributed by atoms with van der Waals surface area (Å²) < 4.78 is 56.2. The van der Waals surface area contributed by atoms with Gasteiger partial charge in [0.25, 0.3) is 0 Å². The first-order chi connectivity index (χ1) is 9.70. The minimum Gasteiger partial charge on any atom is -0.360 e. The van der Waals surface area contributed by atoms with Crippen LogP contribution in [0.25, 0.3) is 0 Å². The minimum atomic E-state index is -3.70. The van der Waals surface area contributed by atoms with Crippen LogP contribution in [-0.4, -0.2) is 62.5 Å². The van der Waals surface area contributed by atoms with Crippen LogP contribution >= 0.6 is 0 Å². The third-order valence-electron chi connectivity index (χ3n) is 3.52. The average Bonchev–Trinajstić information content (AvgIpc) is 2.79. The standard InChI is InChI=1S/C11H19N3O5S2/c1-4-20(15,16)13-5-7-14(8-6-13)21(17,18)11-9(2)12-19-10(11)3/h4-8H2,1-3H3. The maximum absolute atomic E-state index is 12.6. The van der Waals surface area contributed by atoms with Crippen LogP contribution in [0.3, 0.4) is 0 Å². The van der Waals surface area contributed by atoms with Crippen LogP contribution < -0.4 is 0 Å². The van der Waals surface area contributed by atoms with Gasteiger partial charge in [0.2, 0.25) is 20.0 Å². The van der Waals surface area contributed by atoms with Gasteiger partial charge in [0, 0.05) is 26.2 Å². The van der Waals surface area contributed by atoms with Crippen LogP contribution in [0.2, 0.25) is 0 Å². The van der Waals surface area contributed by atoms with Crippen molar-refractivity contribution in [3.63, 3.8) is 0 Å². The third-order valence-corrected chi connectivity index (χ3v) is 7.55. The number of hydrogen-bond acceptors (Lipinski definition) is 6. The molecule has 1 aromatic heterocycles. The van der Waals surface area contributed by atoms with Crippen molar-refractivity contribution in [2.75, 3.05) is 31.9 Å². The van der Waals surface area contributed by atoms with Crippen LogP contribution in [0, 0.1) is 13.8 Å². The zero-order valence-electron chi connectivity index (χ0n) is 12.2. The summed E-state index contributed by atoms with van der Waals surface area (Å²) >= 11 is 0. The van der Waals surface area contributed by atoms with Gasteiger partial charge in [-0.3, -0.25) is 0 Å². The highest BCUT2D eigenvalue weighted by atomic mass is 32.2. The molecule has 1 fully saturated rings. The average molecular weight is 337 g/mol. The first kappa shape index (κ1) is 16.4. The largest absolute Gasteiger partial charge is 0.360 e. The van der Waals surface area contributed by atoms with E-state index in [0.717, 1.165) is 0 Å². The Morgan fingerprint density at radius 1 is 1.05 bits per heavy atom. The van der Waals surface area contributed by atoms with E-state index in [2.05, 4.69) is 5.16 Å². The normalized spacial score (nSPS) is 19.0. The predicted molar refractivity (Wildman–Crippen MR) is 75.8 cm³/mol. The molecule has 2 rings (SSSR count). The molecule has 0 spiro atoms. The van der Waals surface area contributed by atoms with Crippen molar-refractivity contribution in [2.45, 2.75) is 25.7 Å². The molecular weight excluding hydrogens is 318 g/mol. The van der Waals surface area contributed by atoms with E-state index in [1.54, 1.807) is 20.8 Å². The molecule has 1 saturated heterocycles. The molecule has 120 valence electrons. The molecule has 0 N–H and O–H groups in total. The summed E-state index contributed by atoms with van der Waals surface area (Å²) in [7, 11) is -6.98. The molecule has 1 aliphatic heterocycles. The molecule has 0 atom stereocenters. The highest BCUT2D eigenvalue weighted by Gasteiger charge is 2.35. The van der Waals surface area contributed by atoms with Gasteiger partial charge in [-0.25, -0.2) is 16.8 Å². The van der Waals surface area contributed by atoms with Gasteiger partial charge >= 0.3 is 0 Å². The Hall–Kier alpha value is -0.970. The van der Waals surface area contributed by atoms with E-state index in [0.29, 0.717) is 5.69 Å². The van der Waals surface area contributed by atoms with Gasteiger partial charge in [0.15, 0.2) is 5.76 Å². The van der Waals surface area contributed by atoms with Crippen LogP contribution in [0.4, 0.5) is 0 Å². The van der Waals surface area contributed by atoms with Crippen molar-refractivity contribution in [3.05, 3.63) is 11.5 Å². The van der Waals surface area contributed by atoms with Crippen LogP contribution in [0.15, 0.2) is 9.42 Å². The van der Waals surface area contributed by atoms with Gasteiger partial charge in [0.05, 0.1) is 5.75 Å². The fraction of sp³-hybridized carbons (Fsp3) is 0.727. The quantitative estimate of drug-likeness (QED) is 0.763. The Balaban J connectivity index is 2.19. The molecule has 0 aliphatic carbocycles. The summed E-state index contributed by atoms with van der Waals surface area (Å²) in [5.74, 6) is 0.264. The van der Waals surface area contributed by atoms with Crippen LogP contribution in [0.5, 0.6) is 0 Å². The molecular formula is C11H19N3O5S2. The van der Waals surface area contributed by atoms with Gasteiger partial charge in [-0.2, -0.15) is 8.61 Å². The summed E-state index contributed by atoms with van der Waals surface area (Å²) in [6.45, 7) is 5.28. The maximum atomic E-state index is 12.6. The van der Waals surface area contributed by atoms with Crippen molar-refractivity contribution >= 4 is 20.0 Å². The Labute approximate surface area is 124 Å². The van der Waals surface area contributed by atoms with E-state index in [9.17, 15) is 16.8 Å². The van der Waals surface area contributed by atoms with Gasteiger partial charge in [-0.15, -0.1) is 0 Å². The molecule has 2 heterocycles. The first-order valence-electron chi connectivity index (χ1n) is 6.61. The van der Waals surface area contributed by atoms with Crippen molar-refractivity contribution in [2.24, 2.45) is 0 Å². The van der Waals surface area contributed by atoms with E-state index in [-0.39, 0.29) is 42.6 Å². The molecule has 21 heavy (non-hydrogen) atoms. The second-order valence-electron chi connectivity index (χ2n) is 4.86. The lowest BCUT2D eigenvalue weighted by molar-refractivity contribution is 0.272. The van der Waals surface area contributed by atoms with Gasteiger partial charge < -0.3 is 4.52 Å². The van der Waals surface area contributed by atoms with Crippen molar-refractivity contribution in [1.29, 1.82) is 0 Å². The van der Waals surface area contributed by atoms with Crippen molar-refractivity contribution in [3.8, 4) is 0 Å². The smallest absolute Gasteiger partial charge is 0.248 e. The SMILES string of the molecule is CCS(=O)(=O)N1CCN(S(=O)(=O)c2c(C)noc2C)CC1. The lowest BCUT2D eigenvalue weighted by atomic mass is 10.4. The summed E-state index contributed by atoms with van der Waals surface area (Å²) in [5, 5.41) is 3.66. The van der Waals surface area contributed by atoms with E-state index >= 15 is 0 Å². The highest BCUT2D eigenvalue weighted by molar-refractivity contribution is 7.89. The molecule has 0 saturated carbocycles. The number of piperazine rings is 1. The Morgan fingerprint density at radius 2 is 1.57 bits per heavy atom. The topological polar surface area (TPSA) is 101 Å². The summed E-state index contributed by atoms with van der Waals surface area (Å²) in [6.07, 6.45) is 0. The van der Waals surface area contributed by atoms with Crippen LogP contribution in [-0.2, 0) is 20.0 Å². The Bertz CT molecular complexity index is 696. The monoisotopic (exact) mass is 337 g/mol. The van der Waals surface area contributed by atoms with Gasteiger partial charge in [-0.05, 0) is 20.8 Å². The number of nitrogens with zero attached hydrogens (tertiary/aromatic N) is 3. The molecule has 8 nitrogen and oxygen atoms in total. The highest BCUT2D eigenvalue weighted by Crippen LogP contribution is 2.24. The molecule has 0 aromatic carbocycles. The van der Waals surface area contributed by atoms with E-state index in [1.165, 1.54) is 8.61 Å².